The topological polar surface area (TPSA) is 51.2 Å². The second-order valence-electron chi connectivity index (χ2n) is 5.77. The fraction of sp³-hybridized carbons (Fsp3) is 0.200. The molecular formula is C20H19FN2O2S. The normalized spacial score (nSPS) is 11.8. The van der Waals surface area contributed by atoms with Gasteiger partial charge in [-0.2, -0.15) is 0 Å². The zero-order valence-corrected chi connectivity index (χ0v) is 15.1. The number of hydrogen-bond acceptors (Lipinski definition) is 4. The molecule has 3 rings (SSSR count). The number of nitrogens with zero attached hydrogens (tertiary/aromatic N) is 1. The van der Waals surface area contributed by atoms with Gasteiger partial charge in [-0.1, -0.05) is 30.3 Å². The number of hydrogen-bond donors (Lipinski definition) is 1. The molecule has 0 spiro atoms. The Morgan fingerprint density at radius 2 is 1.92 bits per heavy atom. The molecule has 0 saturated carbocycles. The third kappa shape index (κ3) is 4.89. The molecule has 0 radical (unpaired) electrons. The number of amides is 1. The first-order valence-electron chi connectivity index (χ1n) is 8.31. The number of benzene rings is 2. The number of thiazole rings is 1. The maximum Gasteiger partial charge on any atom is 0.260 e. The van der Waals surface area contributed by atoms with E-state index in [1.807, 2.05) is 35.7 Å². The van der Waals surface area contributed by atoms with Gasteiger partial charge in [-0.15, -0.1) is 11.3 Å². The Balaban J connectivity index is 1.46. The maximum atomic E-state index is 12.9. The Morgan fingerprint density at radius 1 is 1.19 bits per heavy atom. The minimum absolute atomic E-state index is 0.215. The number of aromatic nitrogens is 1. The van der Waals surface area contributed by atoms with E-state index in [0.29, 0.717) is 18.7 Å². The van der Waals surface area contributed by atoms with Crippen molar-refractivity contribution in [1.82, 2.24) is 10.3 Å². The number of rotatable bonds is 7. The lowest BCUT2D eigenvalue weighted by atomic mass is 10.2. The standard InChI is InChI=1S/C20H19FN2O2S/c1-14(25-18-9-7-16(21)8-10-18)19(24)22-12-11-17-13-26-20(23-17)15-5-3-2-4-6-15/h2-10,13-14H,11-12H2,1H3,(H,22,24). The summed E-state index contributed by atoms with van der Waals surface area (Å²) >= 11 is 1.59. The second kappa shape index (κ2) is 8.58. The molecule has 1 heterocycles. The van der Waals surface area contributed by atoms with Gasteiger partial charge in [0.15, 0.2) is 6.10 Å². The van der Waals surface area contributed by atoms with Crippen LogP contribution in [0, 0.1) is 5.82 Å². The van der Waals surface area contributed by atoms with Crippen LogP contribution in [0.2, 0.25) is 0 Å². The average Bonchev–Trinajstić information content (AvgIpc) is 3.13. The van der Waals surface area contributed by atoms with Crippen molar-refractivity contribution >= 4 is 17.2 Å². The zero-order valence-electron chi connectivity index (χ0n) is 14.3. The van der Waals surface area contributed by atoms with Crippen LogP contribution in [0.1, 0.15) is 12.6 Å². The molecule has 2 aromatic carbocycles. The smallest absolute Gasteiger partial charge is 0.260 e. The summed E-state index contributed by atoms with van der Waals surface area (Å²) in [4.78, 5) is 16.7. The van der Waals surface area contributed by atoms with Crippen molar-refractivity contribution in [2.45, 2.75) is 19.4 Å². The van der Waals surface area contributed by atoms with E-state index in [1.165, 1.54) is 24.3 Å². The Hall–Kier alpha value is -2.73. The molecule has 1 N–H and O–H groups in total. The fourth-order valence-corrected chi connectivity index (χ4v) is 3.22. The SMILES string of the molecule is CC(Oc1ccc(F)cc1)C(=O)NCCc1csc(-c2ccccc2)n1. The summed E-state index contributed by atoms with van der Waals surface area (Å²) < 4.78 is 18.4. The average molecular weight is 370 g/mol. The van der Waals surface area contributed by atoms with E-state index < -0.39 is 6.10 Å². The van der Waals surface area contributed by atoms with E-state index in [1.54, 1.807) is 18.3 Å². The molecule has 6 heteroatoms. The summed E-state index contributed by atoms with van der Waals surface area (Å²) in [5.74, 6) is -0.0959. The number of ether oxygens (including phenoxy) is 1. The number of carbonyl (C=O) groups is 1. The van der Waals surface area contributed by atoms with Crippen LogP contribution in [0.3, 0.4) is 0 Å². The lowest BCUT2D eigenvalue weighted by Gasteiger charge is -2.14. The summed E-state index contributed by atoms with van der Waals surface area (Å²) in [6.07, 6.45) is -0.00556. The van der Waals surface area contributed by atoms with Crippen LogP contribution in [-0.4, -0.2) is 23.5 Å². The third-order valence-electron chi connectivity index (χ3n) is 3.75. The van der Waals surface area contributed by atoms with Crippen LogP contribution in [0.25, 0.3) is 10.6 Å². The largest absolute Gasteiger partial charge is 0.481 e. The summed E-state index contributed by atoms with van der Waals surface area (Å²) in [6.45, 7) is 2.14. The van der Waals surface area contributed by atoms with Crippen molar-refractivity contribution in [2.24, 2.45) is 0 Å². The molecule has 1 aromatic heterocycles. The van der Waals surface area contributed by atoms with Gasteiger partial charge in [0, 0.05) is 23.9 Å². The lowest BCUT2D eigenvalue weighted by Crippen LogP contribution is -2.37. The van der Waals surface area contributed by atoms with Crippen molar-refractivity contribution in [3.8, 4) is 16.3 Å². The Kier molecular flexibility index (Phi) is 5.96. The lowest BCUT2D eigenvalue weighted by molar-refractivity contribution is -0.127. The van der Waals surface area contributed by atoms with E-state index in [0.717, 1.165) is 16.3 Å². The van der Waals surface area contributed by atoms with E-state index in [-0.39, 0.29) is 11.7 Å². The summed E-state index contributed by atoms with van der Waals surface area (Å²) in [5, 5.41) is 5.82. The first-order chi connectivity index (χ1) is 12.6. The van der Waals surface area contributed by atoms with Crippen molar-refractivity contribution in [3.63, 3.8) is 0 Å². The van der Waals surface area contributed by atoms with Gasteiger partial charge < -0.3 is 10.1 Å². The first-order valence-corrected chi connectivity index (χ1v) is 9.19. The van der Waals surface area contributed by atoms with Gasteiger partial charge >= 0.3 is 0 Å². The third-order valence-corrected chi connectivity index (χ3v) is 4.69. The van der Waals surface area contributed by atoms with Gasteiger partial charge in [0.25, 0.3) is 5.91 Å². The van der Waals surface area contributed by atoms with Gasteiger partial charge in [0.2, 0.25) is 0 Å². The first kappa shape index (κ1) is 18.1. The van der Waals surface area contributed by atoms with Gasteiger partial charge in [0.05, 0.1) is 5.69 Å². The summed E-state index contributed by atoms with van der Waals surface area (Å²) in [7, 11) is 0. The van der Waals surface area contributed by atoms with Crippen LogP contribution >= 0.6 is 11.3 Å². The van der Waals surface area contributed by atoms with Gasteiger partial charge in [0.1, 0.15) is 16.6 Å². The second-order valence-corrected chi connectivity index (χ2v) is 6.62. The van der Waals surface area contributed by atoms with Gasteiger partial charge in [-0.3, -0.25) is 4.79 Å². The minimum Gasteiger partial charge on any atom is -0.481 e. The fourth-order valence-electron chi connectivity index (χ4n) is 2.36. The van der Waals surface area contributed by atoms with E-state index in [4.69, 9.17) is 4.74 Å². The van der Waals surface area contributed by atoms with Gasteiger partial charge in [-0.25, -0.2) is 9.37 Å². The molecule has 1 unspecified atom stereocenters. The van der Waals surface area contributed by atoms with Gasteiger partial charge in [-0.05, 0) is 31.2 Å². The van der Waals surface area contributed by atoms with E-state index >= 15 is 0 Å². The molecule has 0 saturated heterocycles. The summed E-state index contributed by atoms with van der Waals surface area (Å²) in [6, 6.07) is 15.6. The molecule has 0 aliphatic heterocycles. The molecule has 0 aliphatic carbocycles. The monoisotopic (exact) mass is 370 g/mol. The predicted molar refractivity (Wildman–Crippen MR) is 101 cm³/mol. The molecule has 1 amide bonds. The quantitative estimate of drug-likeness (QED) is 0.682. The molecule has 0 aliphatic rings. The van der Waals surface area contributed by atoms with Crippen molar-refractivity contribution in [1.29, 1.82) is 0 Å². The Morgan fingerprint density at radius 3 is 2.65 bits per heavy atom. The summed E-state index contributed by atoms with van der Waals surface area (Å²) in [5.41, 5.74) is 2.04. The van der Waals surface area contributed by atoms with Crippen LogP contribution in [0.15, 0.2) is 60.0 Å². The highest BCUT2D eigenvalue weighted by molar-refractivity contribution is 7.13. The van der Waals surface area contributed by atoms with Crippen molar-refractivity contribution < 1.29 is 13.9 Å². The highest BCUT2D eigenvalue weighted by Crippen LogP contribution is 2.23. The minimum atomic E-state index is -0.657. The van der Waals surface area contributed by atoms with E-state index in [2.05, 4.69) is 10.3 Å². The molecular weight excluding hydrogens is 351 g/mol. The molecule has 3 aromatic rings. The molecule has 1 atom stereocenters. The molecule has 26 heavy (non-hydrogen) atoms. The Labute approximate surface area is 155 Å². The van der Waals surface area contributed by atoms with Crippen molar-refractivity contribution in [3.05, 3.63) is 71.5 Å². The maximum absolute atomic E-state index is 12.9. The Bertz CT molecular complexity index is 850. The molecule has 0 fully saturated rings. The number of nitrogens with one attached hydrogen (secondary N) is 1. The van der Waals surface area contributed by atoms with Crippen LogP contribution < -0.4 is 10.1 Å². The van der Waals surface area contributed by atoms with E-state index in [9.17, 15) is 9.18 Å². The van der Waals surface area contributed by atoms with Crippen LogP contribution in [0.4, 0.5) is 4.39 Å². The highest BCUT2D eigenvalue weighted by atomic mass is 32.1. The van der Waals surface area contributed by atoms with Crippen molar-refractivity contribution in [2.75, 3.05) is 6.54 Å². The predicted octanol–water partition coefficient (Wildman–Crippen LogP) is 4.08. The van der Waals surface area contributed by atoms with Crippen LogP contribution in [0.5, 0.6) is 5.75 Å². The number of halogens is 1. The number of carbonyl (C=O) groups excluding carboxylic acids is 1. The van der Waals surface area contributed by atoms with Crippen LogP contribution in [-0.2, 0) is 11.2 Å². The molecule has 134 valence electrons. The zero-order chi connectivity index (χ0) is 18.4. The highest BCUT2D eigenvalue weighted by Gasteiger charge is 2.14. The molecule has 0 bridgehead atoms. The molecule has 4 nitrogen and oxygen atoms in total.